The van der Waals surface area contributed by atoms with Crippen LogP contribution in [0.2, 0.25) is 0 Å². The van der Waals surface area contributed by atoms with E-state index in [4.69, 9.17) is 0 Å². The zero-order valence-corrected chi connectivity index (χ0v) is 12.1. The molecule has 1 amide bonds. The van der Waals surface area contributed by atoms with Crippen LogP contribution in [0.3, 0.4) is 0 Å². The van der Waals surface area contributed by atoms with E-state index in [9.17, 15) is 4.79 Å². The van der Waals surface area contributed by atoms with Gasteiger partial charge in [0.25, 0.3) is 5.91 Å². The number of aryl methyl sites for hydroxylation is 1. The van der Waals surface area contributed by atoms with Crippen molar-refractivity contribution in [3.8, 4) is 0 Å². The summed E-state index contributed by atoms with van der Waals surface area (Å²) in [5, 5.41) is 5.18. The van der Waals surface area contributed by atoms with Gasteiger partial charge in [0.15, 0.2) is 0 Å². The summed E-state index contributed by atoms with van der Waals surface area (Å²) < 4.78 is 0. The summed E-state index contributed by atoms with van der Waals surface area (Å²) in [4.78, 5) is 16.4. The molecular weight excluding hydrogens is 272 g/mol. The Morgan fingerprint density at radius 2 is 1.82 bits per heavy atom. The smallest absolute Gasteiger partial charge is 0.256 e. The molecule has 3 aromatic rings. The molecular formula is C19H14N2O. The van der Waals surface area contributed by atoms with Gasteiger partial charge in [-0.15, -0.1) is 0 Å². The minimum Gasteiger partial charge on any atom is -0.321 e. The van der Waals surface area contributed by atoms with E-state index < -0.39 is 0 Å². The molecule has 1 aliphatic heterocycles. The number of rotatable bonds is 1. The third-order valence-corrected chi connectivity index (χ3v) is 3.90. The Balaban J connectivity index is 1.82. The minimum atomic E-state index is -0.0570. The summed E-state index contributed by atoms with van der Waals surface area (Å²) in [7, 11) is 0. The summed E-state index contributed by atoms with van der Waals surface area (Å²) in [6.45, 7) is 2.07. The Labute approximate surface area is 128 Å². The van der Waals surface area contributed by atoms with Crippen LogP contribution in [0.1, 0.15) is 27.2 Å². The monoisotopic (exact) mass is 286 g/mol. The highest BCUT2D eigenvalue weighted by Gasteiger charge is 2.22. The molecule has 1 aliphatic rings. The molecule has 0 radical (unpaired) electrons. The number of hydrogen-bond acceptors (Lipinski definition) is 2. The van der Waals surface area contributed by atoms with Crippen LogP contribution in [0.15, 0.2) is 54.7 Å². The van der Waals surface area contributed by atoms with Gasteiger partial charge in [-0.3, -0.25) is 9.78 Å². The highest BCUT2D eigenvalue weighted by atomic mass is 16.1. The van der Waals surface area contributed by atoms with Gasteiger partial charge in [-0.2, -0.15) is 0 Å². The number of benzene rings is 2. The van der Waals surface area contributed by atoms with Crippen molar-refractivity contribution in [1.29, 1.82) is 0 Å². The number of amides is 1. The molecule has 0 spiro atoms. The van der Waals surface area contributed by atoms with Gasteiger partial charge in [0.1, 0.15) is 0 Å². The molecule has 1 aromatic heterocycles. The number of fused-ring (bicyclic) bond motifs is 2. The Kier molecular flexibility index (Phi) is 2.79. The average molecular weight is 286 g/mol. The second-order valence-corrected chi connectivity index (χ2v) is 5.52. The average Bonchev–Trinajstić information content (AvgIpc) is 2.84. The lowest BCUT2D eigenvalue weighted by atomic mass is 10.1. The molecule has 4 rings (SSSR count). The maximum Gasteiger partial charge on any atom is 0.256 e. The summed E-state index contributed by atoms with van der Waals surface area (Å²) >= 11 is 0. The first-order valence-electron chi connectivity index (χ1n) is 7.19. The van der Waals surface area contributed by atoms with Gasteiger partial charge in [-0.05, 0) is 30.5 Å². The fourth-order valence-electron chi connectivity index (χ4n) is 2.79. The number of hydrogen-bond donors (Lipinski definition) is 1. The molecule has 0 aliphatic carbocycles. The van der Waals surface area contributed by atoms with E-state index in [1.807, 2.05) is 42.6 Å². The quantitative estimate of drug-likeness (QED) is 0.739. The third-order valence-electron chi connectivity index (χ3n) is 3.90. The van der Waals surface area contributed by atoms with Crippen molar-refractivity contribution in [3.63, 3.8) is 0 Å². The van der Waals surface area contributed by atoms with Crippen LogP contribution in [-0.4, -0.2) is 10.9 Å². The predicted octanol–water partition coefficient (Wildman–Crippen LogP) is 3.78. The topological polar surface area (TPSA) is 42.0 Å². The van der Waals surface area contributed by atoms with Crippen molar-refractivity contribution in [2.45, 2.75) is 6.92 Å². The van der Waals surface area contributed by atoms with Crippen molar-refractivity contribution in [2.75, 3.05) is 0 Å². The van der Waals surface area contributed by atoms with E-state index >= 15 is 0 Å². The third kappa shape index (κ3) is 2.07. The van der Waals surface area contributed by atoms with Crippen LogP contribution in [0.4, 0.5) is 0 Å². The second kappa shape index (κ2) is 4.81. The van der Waals surface area contributed by atoms with E-state index in [0.29, 0.717) is 5.56 Å². The van der Waals surface area contributed by atoms with Crippen LogP contribution >= 0.6 is 0 Å². The number of pyridine rings is 1. The largest absolute Gasteiger partial charge is 0.321 e. The van der Waals surface area contributed by atoms with Crippen molar-refractivity contribution >= 4 is 28.5 Å². The SMILES string of the molecule is Cc1ccc2cnc(/C=C3\NC(=O)c4ccccc43)cc2c1. The maximum atomic E-state index is 12.0. The van der Waals surface area contributed by atoms with Crippen LogP contribution in [0.5, 0.6) is 0 Å². The van der Waals surface area contributed by atoms with Gasteiger partial charge in [-0.25, -0.2) is 0 Å². The summed E-state index contributed by atoms with van der Waals surface area (Å²) in [6, 6.07) is 15.9. The number of aromatic nitrogens is 1. The lowest BCUT2D eigenvalue weighted by molar-refractivity contribution is 0.0981. The fraction of sp³-hybridized carbons (Fsp3) is 0.0526. The van der Waals surface area contributed by atoms with E-state index in [0.717, 1.165) is 27.7 Å². The number of nitrogens with one attached hydrogen (secondary N) is 1. The molecule has 3 nitrogen and oxygen atoms in total. The molecule has 0 atom stereocenters. The lowest BCUT2D eigenvalue weighted by Gasteiger charge is -2.03. The molecule has 2 heterocycles. The standard InChI is InChI=1S/C19H14N2O/c1-12-6-7-13-11-20-15(9-14(13)8-12)10-18-16-4-2-3-5-17(16)19(22)21-18/h2-11H,1H3,(H,21,22)/b18-10-. The highest BCUT2D eigenvalue weighted by Crippen LogP contribution is 2.26. The van der Waals surface area contributed by atoms with Gasteiger partial charge in [0, 0.05) is 22.7 Å². The van der Waals surface area contributed by atoms with Crippen molar-refractivity contribution in [3.05, 3.63) is 77.1 Å². The molecule has 0 fully saturated rings. The lowest BCUT2D eigenvalue weighted by Crippen LogP contribution is -2.11. The molecule has 0 unspecified atom stereocenters. The highest BCUT2D eigenvalue weighted by molar-refractivity contribution is 6.11. The van der Waals surface area contributed by atoms with Gasteiger partial charge >= 0.3 is 0 Å². The summed E-state index contributed by atoms with van der Waals surface area (Å²) in [5.41, 5.74) is 4.51. The number of carbonyl (C=O) groups excluding carboxylic acids is 1. The zero-order chi connectivity index (χ0) is 15.1. The first-order chi connectivity index (χ1) is 10.7. The number of carbonyl (C=O) groups is 1. The van der Waals surface area contributed by atoms with Crippen LogP contribution in [-0.2, 0) is 0 Å². The fourth-order valence-corrected chi connectivity index (χ4v) is 2.79. The normalized spacial score (nSPS) is 15.1. The molecule has 3 heteroatoms. The molecule has 0 saturated heterocycles. The molecule has 0 bridgehead atoms. The predicted molar refractivity (Wildman–Crippen MR) is 88.3 cm³/mol. The van der Waals surface area contributed by atoms with E-state index in [1.165, 1.54) is 5.56 Å². The van der Waals surface area contributed by atoms with Gasteiger partial charge < -0.3 is 5.32 Å². The summed E-state index contributed by atoms with van der Waals surface area (Å²) in [5.74, 6) is -0.0570. The Hall–Kier alpha value is -2.94. The van der Waals surface area contributed by atoms with E-state index in [1.54, 1.807) is 0 Å². The van der Waals surface area contributed by atoms with Crippen LogP contribution in [0, 0.1) is 6.92 Å². The molecule has 106 valence electrons. The molecule has 0 saturated carbocycles. The summed E-state index contributed by atoms with van der Waals surface area (Å²) in [6.07, 6.45) is 3.79. The molecule has 1 N–H and O–H groups in total. The Bertz CT molecular complexity index is 941. The van der Waals surface area contributed by atoms with E-state index in [-0.39, 0.29) is 5.91 Å². The van der Waals surface area contributed by atoms with Crippen LogP contribution in [0.25, 0.3) is 22.5 Å². The molecule has 2 aromatic carbocycles. The Morgan fingerprint density at radius 1 is 1.00 bits per heavy atom. The first-order valence-corrected chi connectivity index (χ1v) is 7.19. The maximum absolute atomic E-state index is 12.0. The first kappa shape index (κ1) is 12.8. The van der Waals surface area contributed by atoms with E-state index in [2.05, 4.69) is 35.4 Å². The second-order valence-electron chi connectivity index (χ2n) is 5.52. The van der Waals surface area contributed by atoms with Crippen molar-refractivity contribution < 1.29 is 4.79 Å². The van der Waals surface area contributed by atoms with Crippen molar-refractivity contribution in [1.82, 2.24) is 10.3 Å². The van der Waals surface area contributed by atoms with Crippen molar-refractivity contribution in [2.24, 2.45) is 0 Å². The number of nitrogens with zero attached hydrogens (tertiary/aromatic N) is 1. The van der Waals surface area contributed by atoms with Gasteiger partial charge in [0.05, 0.1) is 11.4 Å². The van der Waals surface area contributed by atoms with Gasteiger partial charge in [0.2, 0.25) is 0 Å². The molecule has 22 heavy (non-hydrogen) atoms. The van der Waals surface area contributed by atoms with Gasteiger partial charge in [-0.1, -0.05) is 42.0 Å². The minimum absolute atomic E-state index is 0.0570. The van der Waals surface area contributed by atoms with Crippen LogP contribution < -0.4 is 5.32 Å². The Morgan fingerprint density at radius 3 is 2.68 bits per heavy atom. The zero-order valence-electron chi connectivity index (χ0n) is 12.1.